The van der Waals surface area contributed by atoms with Crippen LogP contribution in [0.2, 0.25) is 0 Å². The summed E-state index contributed by atoms with van der Waals surface area (Å²) >= 11 is 0. The highest BCUT2D eigenvalue weighted by atomic mass is 16.5. The number of fused-ring (bicyclic) bond motifs is 7. The molecule has 2 heterocycles. The third-order valence-corrected chi connectivity index (χ3v) is 12.2. The Morgan fingerprint density at radius 1 is 0.559 bits per heavy atom. The number of ether oxygens (including phenoxy) is 1. The number of nitrogens with two attached hydrogens (primary N) is 1. The summed E-state index contributed by atoms with van der Waals surface area (Å²) in [6, 6.07) is 64.8. The lowest BCUT2D eigenvalue weighted by Crippen LogP contribution is -2.43. The molecule has 1 aromatic heterocycles. The maximum Gasteiger partial charge on any atom is 0.373 e. The van der Waals surface area contributed by atoms with Gasteiger partial charge in [0.2, 0.25) is 5.90 Å². The molecule has 11 rings (SSSR count). The van der Waals surface area contributed by atoms with Gasteiger partial charge in [0, 0.05) is 45.4 Å². The van der Waals surface area contributed by atoms with E-state index in [4.69, 9.17) is 15.6 Å². The molecular formula is C54H41N4O+. The first-order valence-corrected chi connectivity index (χ1v) is 20.4. The third-order valence-electron chi connectivity index (χ3n) is 12.2. The van der Waals surface area contributed by atoms with E-state index in [0.29, 0.717) is 11.6 Å². The molecule has 2 atom stereocenters. The van der Waals surface area contributed by atoms with Crippen LogP contribution in [0.3, 0.4) is 0 Å². The van der Waals surface area contributed by atoms with Crippen molar-refractivity contribution in [2.24, 2.45) is 0 Å². The topological polar surface area (TPSA) is 66.8 Å². The minimum absolute atomic E-state index is 0.0246. The maximum absolute atomic E-state index is 8.63. The molecule has 9 aromatic rings. The zero-order chi connectivity index (χ0) is 39.5. The lowest BCUT2D eigenvalue weighted by molar-refractivity contribution is -0.130. The van der Waals surface area contributed by atoms with Crippen LogP contribution < -0.4 is 10.3 Å². The van der Waals surface area contributed by atoms with E-state index in [1.54, 1.807) is 0 Å². The minimum atomic E-state index is 0.0246. The molecule has 2 aliphatic rings. The molecule has 0 saturated heterocycles. The van der Waals surface area contributed by atoms with E-state index in [2.05, 4.69) is 161 Å². The molecule has 59 heavy (non-hydrogen) atoms. The molecule has 8 aromatic carbocycles. The van der Waals surface area contributed by atoms with Gasteiger partial charge >= 0.3 is 5.90 Å². The number of para-hydroxylation sites is 1. The van der Waals surface area contributed by atoms with Gasteiger partial charge in [0.1, 0.15) is 0 Å². The highest BCUT2D eigenvalue weighted by Crippen LogP contribution is 2.50. The highest BCUT2D eigenvalue weighted by Gasteiger charge is 2.39. The van der Waals surface area contributed by atoms with Gasteiger partial charge in [0.25, 0.3) is 0 Å². The Bertz CT molecular complexity index is 3130. The normalized spacial score (nSPS) is 15.7. The first kappa shape index (κ1) is 34.7. The molecule has 0 radical (unpaired) electrons. The Morgan fingerprint density at radius 3 is 1.90 bits per heavy atom. The van der Waals surface area contributed by atoms with Crippen LogP contribution >= 0.6 is 0 Å². The largest absolute Gasteiger partial charge is 0.386 e. The predicted molar refractivity (Wildman–Crippen MR) is 243 cm³/mol. The molecular weight excluding hydrogens is 721 g/mol. The monoisotopic (exact) mass is 761 g/mol. The summed E-state index contributed by atoms with van der Waals surface area (Å²) in [5, 5.41) is 19.8. The second-order valence-corrected chi connectivity index (χ2v) is 15.6. The van der Waals surface area contributed by atoms with Crippen LogP contribution in [0.5, 0.6) is 0 Å². The van der Waals surface area contributed by atoms with Gasteiger partial charge in [-0.2, -0.15) is 0 Å². The number of nitrogens with one attached hydrogen (secondary N) is 1. The van der Waals surface area contributed by atoms with Gasteiger partial charge in [-0.15, -0.1) is 0 Å². The van der Waals surface area contributed by atoms with Crippen LogP contribution in [0.1, 0.15) is 35.4 Å². The van der Waals surface area contributed by atoms with Gasteiger partial charge in [-0.1, -0.05) is 103 Å². The van der Waals surface area contributed by atoms with Crippen LogP contribution in [-0.4, -0.2) is 22.4 Å². The standard InChI is InChI=1S/C54H40N4O/c55-53(36-12-3-1-4-13-36)59-54(56)37-21-26-44(27-22-37)58-49-18-10-9-17-45(49)46-32-41(24-28-50(46)58)42-25-30-52-48(34-42)47-33-40(39-20-19-35-11-7-8-14-38(35)31-39)23-29-51(47)57(52)43-15-5-2-6-16-43/h1-9,11-17,19-34,45,49,55-56H,10,18H2/p+1. The number of benzene rings is 8. The molecule has 5 heteroatoms. The van der Waals surface area contributed by atoms with E-state index in [1.165, 1.54) is 66.1 Å². The molecule has 5 nitrogen and oxygen atoms in total. The lowest BCUT2D eigenvalue weighted by atomic mass is 9.86. The quantitative estimate of drug-likeness (QED) is 0.101. The van der Waals surface area contributed by atoms with Crippen molar-refractivity contribution >= 4 is 55.7 Å². The van der Waals surface area contributed by atoms with Crippen LogP contribution in [0.15, 0.2) is 194 Å². The molecule has 1 aliphatic carbocycles. The average molecular weight is 762 g/mol. The van der Waals surface area contributed by atoms with Crippen LogP contribution in [0.4, 0.5) is 11.4 Å². The number of allylic oxidation sites excluding steroid dienone is 1. The van der Waals surface area contributed by atoms with Crippen LogP contribution in [0.25, 0.3) is 60.5 Å². The van der Waals surface area contributed by atoms with E-state index < -0.39 is 0 Å². The van der Waals surface area contributed by atoms with Crippen molar-refractivity contribution in [1.82, 2.24) is 4.57 Å². The number of hydrogen-bond acceptors (Lipinski definition) is 3. The third kappa shape index (κ3) is 6.02. The summed E-state index contributed by atoms with van der Waals surface area (Å²) in [5.74, 6) is 0.526. The molecule has 0 spiro atoms. The fourth-order valence-corrected chi connectivity index (χ4v) is 9.36. The van der Waals surface area contributed by atoms with Crippen molar-refractivity contribution in [3.8, 4) is 27.9 Å². The number of rotatable bonds is 6. The predicted octanol–water partition coefficient (Wildman–Crippen LogP) is 11.8. The fraction of sp³-hybridized carbons (Fsp3) is 0.0741. The second-order valence-electron chi connectivity index (χ2n) is 15.6. The Kier molecular flexibility index (Phi) is 8.33. The Labute approximate surface area is 343 Å². The van der Waals surface area contributed by atoms with Crippen molar-refractivity contribution in [2.75, 3.05) is 4.90 Å². The zero-order valence-electron chi connectivity index (χ0n) is 32.4. The van der Waals surface area contributed by atoms with E-state index in [0.717, 1.165) is 29.8 Å². The molecule has 1 aliphatic heterocycles. The first-order chi connectivity index (χ1) is 29.1. The van der Waals surface area contributed by atoms with Gasteiger partial charge in [0.05, 0.1) is 16.6 Å². The summed E-state index contributed by atoms with van der Waals surface area (Å²) < 4.78 is 8.15. The minimum Gasteiger partial charge on any atom is -0.386 e. The average Bonchev–Trinajstić information content (AvgIpc) is 3.81. The van der Waals surface area contributed by atoms with Gasteiger partial charge in [-0.05, 0) is 142 Å². The molecule has 0 amide bonds. The van der Waals surface area contributed by atoms with Gasteiger partial charge in [0.15, 0.2) is 0 Å². The fourth-order valence-electron chi connectivity index (χ4n) is 9.36. The van der Waals surface area contributed by atoms with Gasteiger partial charge in [-0.3, -0.25) is 5.41 Å². The van der Waals surface area contributed by atoms with E-state index >= 15 is 0 Å². The first-order valence-electron chi connectivity index (χ1n) is 20.4. The number of anilines is 2. The number of hydrogen-bond donors (Lipinski definition) is 2. The molecule has 0 saturated carbocycles. The summed E-state index contributed by atoms with van der Waals surface area (Å²) in [6.45, 7) is 0. The van der Waals surface area contributed by atoms with Crippen molar-refractivity contribution in [2.45, 2.75) is 24.8 Å². The Morgan fingerprint density at radius 2 is 1.17 bits per heavy atom. The molecule has 2 unspecified atom stereocenters. The van der Waals surface area contributed by atoms with E-state index in [9.17, 15) is 0 Å². The van der Waals surface area contributed by atoms with Crippen LogP contribution in [-0.2, 0) is 4.74 Å². The summed E-state index contributed by atoms with van der Waals surface area (Å²) in [4.78, 5) is 2.50. The zero-order valence-corrected chi connectivity index (χ0v) is 32.4. The second kappa shape index (κ2) is 14.2. The Balaban J connectivity index is 0.966. The van der Waals surface area contributed by atoms with Crippen molar-refractivity contribution in [3.63, 3.8) is 0 Å². The van der Waals surface area contributed by atoms with Crippen LogP contribution in [0, 0.1) is 5.41 Å². The summed E-state index contributed by atoms with van der Waals surface area (Å²) in [6.07, 6.45) is 6.86. The molecule has 0 bridgehead atoms. The lowest BCUT2D eigenvalue weighted by Gasteiger charge is -2.31. The SMILES string of the molecule is N=C(OC(=[NH2+])c1ccccc1)c1ccc(N2c3ccc(-c4ccc5c(c4)c4cc(-c6ccc7ccccc7c6)ccc4n5-c4ccccc4)cc3C3C=CCCC32)cc1. The summed E-state index contributed by atoms with van der Waals surface area (Å²) in [5.41, 5.74) is 13.5. The molecule has 282 valence electrons. The Hall–Kier alpha value is -7.50. The van der Waals surface area contributed by atoms with Crippen molar-refractivity contribution < 1.29 is 10.1 Å². The van der Waals surface area contributed by atoms with Gasteiger partial charge in [-0.25, -0.2) is 5.41 Å². The maximum atomic E-state index is 8.63. The van der Waals surface area contributed by atoms with E-state index in [-0.39, 0.29) is 17.7 Å². The summed E-state index contributed by atoms with van der Waals surface area (Å²) in [7, 11) is 0. The smallest absolute Gasteiger partial charge is 0.373 e. The van der Waals surface area contributed by atoms with Crippen molar-refractivity contribution in [1.29, 1.82) is 5.41 Å². The molecule has 0 fully saturated rings. The highest BCUT2D eigenvalue weighted by molar-refractivity contribution is 6.12. The van der Waals surface area contributed by atoms with Crippen molar-refractivity contribution in [3.05, 3.63) is 211 Å². The van der Waals surface area contributed by atoms with Gasteiger partial charge < -0.3 is 14.2 Å². The number of nitrogens with zero attached hydrogens (tertiary/aromatic N) is 2. The number of aromatic nitrogens is 1. The molecule has 3 N–H and O–H groups in total. The van der Waals surface area contributed by atoms with E-state index in [1.807, 2.05) is 42.5 Å².